The quantitative estimate of drug-likeness (QED) is 0.810. The van der Waals surface area contributed by atoms with Gasteiger partial charge in [-0.15, -0.1) is 0 Å². The minimum Gasteiger partial charge on any atom is -0.480 e. The van der Waals surface area contributed by atoms with Gasteiger partial charge < -0.3 is 5.11 Å². The number of benzene rings is 1. The van der Waals surface area contributed by atoms with Crippen LogP contribution in [0.3, 0.4) is 0 Å². The number of carbonyl (C=O) groups excluding carboxylic acids is 1. The lowest BCUT2D eigenvalue weighted by molar-refractivity contribution is -0.142. The van der Waals surface area contributed by atoms with Crippen LogP contribution < -0.4 is 0 Å². The van der Waals surface area contributed by atoms with Gasteiger partial charge in [-0.25, -0.2) is 0 Å². The monoisotopic (exact) mass is 275 g/mol. The van der Waals surface area contributed by atoms with E-state index in [4.69, 9.17) is 5.11 Å². The van der Waals surface area contributed by atoms with Crippen LogP contribution in [0, 0.1) is 0 Å². The van der Waals surface area contributed by atoms with E-state index in [0.29, 0.717) is 24.9 Å². The summed E-state index contributed by atoms with van der Waals surface area (Å²) in [5.41, 5.74) is 1.93. The summed E-state index contributed by atoms with van der Waals surface area (Å²) in [4.78, 5) is 25.1. The van der Waals surface area contributed by atoms with Crippen LogP contribution in [0.4, 0.5) is 0 Å². The van der Waals surface area contributed by atoms with Crippen LogP contribution in [0.15, 0.2) is 24.3 Å². The highest BCUT2D eigenvalue weighted by Gasteiger charge is 2.30. The van der Waals surface area contributed by atoms with Gasteiger partial charge in [0, 0.05) is 18.5 Å². The molecule has 2 rings (SSSR count). The lowest BCUT2D eigenvalue weighted by atomic mass is 10.0. The second kappa shape index (κ2) is 6.66. The number of ketones is 1. The van der Waals surface area contributed by atoms with Gasteiger partial charge in [-0.05, 0) is 31.4 Å². The van der Waals surface area contributed by atoms with E-state index in [1.165, 1.54) is 5.56 Å². The summed E-state index contributed by atoms with van der Waals surface area (Å²) in [5, 5.41) is 9.10. The Labute approximate surface area is 119 Å². The van der Waals surface area contributed by atoms with Crippen molar-refractivity contribution in [2.75, 3.05) is 13.1 Å². The Balaban J connectivity index is 1.89. The van der Waals surface area contributed by atoms with Crippen LogP contribution in [0.25, 0.3) is 0 Å². The first-order valence-corrected chi connectivity index (χ1v) is 7.21. The van der Waals surface area contributed by atoms with Crippen molar-refractivity contribution in [3.8, 4) is 0 Å². The Morgan fingerprint density at radius 1 is 1.30 bits per heavy atom. The number of carbonyl (C=O) groups is 2. The lowest BCUT2D eigenvalue weighted by Crippen LogP contribution is -2.37. The van der Waals surface area contributed by atoms with Crippen molar-refractivity contribution in [2.24, 2.45) is 0 Å². The standard InChI is InChI=1S/C16H21NO3/c1-2-12-5-7-13(8-6-12)15(18)9-11-17-10-3-4-14(17)16(19)20/h5-8,14H,2-4,9-11H2,1H3,(H,19,20). The predicted octanol–water partition coefficient (Wildman–Crippen LogP) is 2.37. The first kappa shape index (κ1) is 14.7. The first-order valence-electron chi connectivity index (χ1n) is 7.21. The molecule has 0 spiro atoms. The molecule has 1 aliphatic rings. The molecule has 1 aliphatic heterocycles. The summed E-state index contributed by atoms with van der Waals surface area (Å²) in [6.45, 7) is 3.39. The largest absolute Gasteiger partial charge is 0.480 e. The molecule has 1 aromatic carbocycles. The Kier molecular flexibility index (Phi) is 4.90. The van der Waals surface area contributed by atoms with Gasteiger partial charge in [0.05, 0.1) is 0 Å². The van der Waals surface area contributed by atoms with Crippen LogP contribution in [-0.4, -0.2) is 40.9 Å². The predicted molar refractivity (Wildman–Crippen MR) is 77.0 cm³/mol. The number of likely N-dealkylation sites (tertiary alicyclic amines) is 1. The highest BCUT2D eigenvalue weighted by molar-refractivity contribution is 5.96. The molecule has 0 bridgehead atoms. The number of hydrogen-bond acceptors (Lipinski definition) is 3. The van der Waals surface area contributed by atoms with Gasteiger partial charge in [-0.2, -0.15) is 0 Å². The van der Waals surface area contributed by atoms with Gasteiger partial charge in [0.15, 0.2) is 5.78 Å². The molecule has 1 fully saturated rings. The second-order valence-electron chi connectivity index (χ2n) is 5.26. The fourth-order valence-corrected chi connectivity index (χ4v) is 2.69. The van der Waals surface area contributed by atoms with Gasteiger partial charge in [-0.3, -0.25) is 14.5 Å². The molecule has 0 radical (unpaired) electrons. The SMILES string of the molecule is CCc1ccc(C(=O)CCN2CCCC2C(=O)O)cc1. The third-order valence-electron chi connectivity index (χ3n) is 3.96. The maximum atomic E-state index is 12.1. The molecule has 1 saturated heterocycles. The van der Waals surface area contributed by atoms with Crippen LogP contribution in [0.1, 0.15) is 42.1 Å². The van der Waals surface area contributed by atoms with Gasteiger partial charge in [0.2, 0.25) is 0 Å². The summed E-state index contributed by atoms with van der Waals surface area (Å²) in [5.74, 6) is -0.689. The molecular weight excluding hydrogens is 254 g/mol. The van der Waals surface area contributed by atoms with Gasteiger partial charge in [-0.1, -0.05) is 31.2 Å². The molecular formula is C16H21NO3. The fourth-order valence-electron chi connectivity index (χ4n) is 2.69. The fraction of sp³-hybridized carbons (Fsp3) is 0.500. The number of aryl methyl sites for hydroxylation is 1. The number of nitrogens with zero attached hydrogens (tertiary/aromatic N) is 1. The van der Waals surface area contributed by atoms with Crippen molar-refractivity contribution in [2.45, 2.75) is 38.6 Å². The zero-order chi connectivity index (χ0) is 14.5. The van der Waals surface area contributed by atoms with Crippen molar-refractivity contribution in [1.29, 1.82) is 0 Å². The Morgan fingerprint density at radius 2 is 2.00 bits per heavy atom. The number of carboxylic acids is 1. The van der Waals surface area contributed by atoms with Crippen molar-refractivity contribution in [1.82, 2.24) is 4.90 Å². The van der Waals surface area contributed by atoms with Crippen LogP contribution in [-0.2, 0) is 11.2 Å². The number of rotatable bonds is 6. The number of Topliss-reactive ketones (excluding diaryl/α,β-unsaturated/α-hetero) is 1. The number of aliphatic carboxylic acids is 1. The third-order valence-corrected chi connectivity index (χ3v) is 3.96. The molecule has 1 N–H and O–H groups in total. The highest BCUT2D eigenvalue weighted by atomic mass is 16.4. The number of carboxylic acid groups (broad SMARTS) is 1. The molecule has 0 aliphatic carbocycles. The molecule has 4 nitrogen and oxygen atoms in total. The maximum absolute atomic E-state index is 12.1. The zero-order valence-electron chi connectivity index (χ0n) is 11.8. The van der Waals surface area contributed by atoms with Crippen LogP contribution in [0.2, 0.25) is 0 Å². The summed E-state index contributed by atoms with van der Waals surface area (Å²) in [6, 6.07) is 7.26. The van der Waals surface area contributed by atoms with E-state index in [1.54, 1.807) is 0 Å². The smallest absolute Gasteiger partial charge is 0.320 e. The summed E-state index contributed by atoms with van der Waals surface area (Å²) >= 11 is 0. The van der Waals surface area contributed by atoms with Gasteiger partial charge >= 0.3 is 5.97 Å². The summed E-state index contributed by atoms with van der Waals surface area (Å²) in [6.07, 6.45) is 2.93. The Bertz CT molecular complexity index is 481. The van der Waals surface area contributed by atoms with E-state index in [0.717, 1.165) is 19.4 Å². The molecule has 1 atom stereocenters. The maximum Gasteiger partial charge on any atom is 0.320 e. The van der Waals surface area contributed by atoms with E-state index in [2.05, 4.69) is 6.92 Å². The van der Waals surface area contributed by atoms with Crippen molar-refractivity contribution in [3.63, 3.8) is 0 Å². The van der Waals surface area contributed by atoms with Crippen LogP contribution >= 0.6 is 0 Å². The lowest BCUT2D eigenvalue weighted by Gasteiger charge is -2.20. The van der Waals surface area contributed by atoms with Crippen LogP contribution in [0.5, 0.6) is 0 Å². The first-order chi connectivity index (χ1) is 9.61. The molecule has 0 aromatic heterocycles. The molecule has 108 valence electrons. The van der Waals surface area contributed by atoms with E-state index in [1.807, 2.05) is 29.2 Å². The van der Waals surface area contributed by atoms with E-state index in [9.17, 15) is 9.59 Å². The van der Waals surface area contributed by atoms with Crippen molar-refractivity contribution in [3.05, 3.63) is 35.4 Å². The van der Waals surface area contributed by atoms with Gasteiger partial charge in [0.25, 0.3) is 0 Å². The molecule has 4 heteroatoms. The van der Waals surface area contributed by atoms with E-state index >= 15 is 0 Å². The van der Waals surface area contributed by atoms with Gasteiger partial charge in [0.1, 0.15) is 6.04 Å². The number of hydrogen-bond donors (Lipinski definition) is 1. The third kappa shape index (κ3) is 3.45. The molecule has 0 saturated carbocycles. The van der Waals surface area contributed by atoms with Crippen molar-refractivity contribution < 1.29 is 14.7 Å². The van der Waals surface area contributed by atoms with E-state index in [-0.39, 0.29) is 5.78 Å². The Morgan fingerprint density at radius 3 is 2.60 bits per heavy atom. The van der Waals surface area contributed by atoms with E-state index < -0.39 is 12.0 Å². The topological polar surface area (TPSA) is 57.6 Å². The summed E-state index contributed by atoms with van der Waals surface area (Å²) in [7, 11) is 0. The molecule has 1 heterocycles. The zero-order valence-corrected chi connectivity index (χ0v) is 11.8. The van der Waals surface area contributed by atoms with Crippen molar-refractivity contribution >= 4 is 11.8 Å². The minimum absolute atomic E-state index is 0.0868. The normalized spacial score (nSPS) is 19.1. The molecule has 20 heavy (non-hydrogen) atoms. The summed E-state index contributed by atoms with van der Waals surface area (Å²) < 4.78 is 0. The minimum atomic E-state index is -0.776. The molecule has 0 amide bonds. The average Bonchev–Trinajstić information content (AvgIpc) is 2.93. The average molecular weight is 275 g/mol. The second-order valence-corrected chi connectivity index (χ2v) is 5.26. The highest BCUT2D eigenvalue weighted by Crippen LogP contribution is 2.18. The molecule has 1 aromatic rings. The molecule has 1 unspecified atom stereocenters. The Hall–Kier alpha value is -1.68.